The van der Waals surface area contributed by atoms with E-state index < -0.39 is 8.80 Å². The van der Waals surface area contributed by atoms with Gasteiger partial charge in [-0.1, -0.05) is 6.92 Å². The van der Waals surface area contributed by atoms with Crippen molar-refractivity contribution >= 4 is 8.80 Å². The predicted octanol–water partition coefficient (Wildman–Crippen LogP) is 1.45. The van der Waals surface area contributed by atoms with Crippen LogP contribution in [-0.4, -0.2) is 61.8 Å². The van der Waals surface area contributed by atoms with Crippen LogP contribution >= 0.6 is 0 Å². The first-order valence-electron chi connectivity index (χ1n) is 5.60. The summed E-state index contributed by atoms with van der Waals surface area (Å²) in [5.74, 6) is 0. The highest BCUT2D eigenvalue weighted by Crippen LogP contribution is 2.08. The number of hydrogen-bond donors (Lipinski definition) is 0. The lowest BCUT2D eigenvalue weighted by Crippen LogP contribution is -2.43. The van der Waals surface area contributed by atoms with Crippen LogP contribution in [0.5, 0.6) is 0 Å². The maximum atomic E-state index is 5.31. The third-order valence-corrected chi connectivity index (χ3v) is 4.96. The molecule has 16 heavy (non-hydrogen) atoms. The molecule has 96 valence electrons. The molecule has 0 amide bonds. The molecule has 4 nitrogen and oxygen atoms in total. The topological polar surface area (TPSA) is 27.7 Å². The van der Waals surface area contributed by atoms with Crippen molar-refractivity contribution in [2.75, 3.05) is 48.5 Å². The Morgan fingerprint density at radius 2 is 1.56 bits per heavy atom. The van der Waals surface area contributed by atoms with E-state index in [9.17, 15) is 0 Å². The van der Waals surface area contributed by atoms with E-state index in [2.05, 4.69) is 27.1 Å². The third kappa shape index (κ3) is 5.22. The normalized spacial score (nSPS) is 13.6. The highest BCUT2D eigenvalue weighted by Gasteiger charge is 2.34. The summed E-state index contributed by atoms with van der Waals surface area (Å²) in [5, 5.41) is 0. The molecule has 0 spiro atoms. The molecule has 0 unspecified atom stereocenters. The molecule has 0 radical (unpaired) electrons. The molecule has 0 saturated heterocycles. The van der Waals surface area contributed by atoms with Gasteiger partial charge in [-0.3, -0.25) is 0 Å². The van der Waals surface area contributed by atoms with Crippen molar-refractivity contribution in [2.45, 2.75) is 13.3 Å². The van der Waals surface area contributed by atoms with E-state index >= 15 is 0 Å². The highest BCUT2D eigenvalue weighted by molar-refractivity contribution is 6.66. The van der Waals surface area contributed by atoms with Crippen LogP contribution in [-0.2, 0) is 13.3 Å². The number of likely N-dealkylation sites (N-methyl/N-ethyl adjacent to an activating group) is 1. The monoisotopic (exact) mass is 248 g/mol. The molecule has 0 bridgehead atoms. The van der Waals surface area contributed by atoms with Crippen LogP contribution < -0.4 is 0 Å². The second-order valence-corrected chi connectivity index (χ2v) is 7.23. The Bertz CT molecular complexity index is 207. The number of nitrogens with zero attached hydrogens (tertiary/aromatic N) is 1. The van der Waals surface area contributed by atoms with E-state index in [1.165, 1.54) is 6.42 Å². The molecular formula is C11H26NO3Si+. The van der Waals surface area contributed by atoms with Crippen molar-refractivity contribution in [2.24, 2.45) is 0 Å². The van der Waals surface area contributed by atoms with Crippen molar-refractivity contribution in [3.05, 3.63) is 11.8 Å². The van der Waals surface area contributed by atoms with Crippen LogP contribution in [0.1, 0.15) is 13.3 Å². The Morgan fingerprint density at radius 3 is 1.94 bits per heavy atom. The fourth-order valence-corrected chi connectivity index (χ4v) is 2.94. The maximum absolute atomic E-state index is 5.31. The Balaban J connectivity index is 4.36. The summed E-state index contributed by atoms with van der Waals surface area (Å²) >= 11 is 0. The number of rotatable bonds is 8. The minimum Gasteiger partial charge on any atom is -0.374 e. The molecule has 0 aliphatic heterocycles. The summed E-state index contributed by atoms with van der Waals surface area (Å²) in [5.41, 5.74) is 1.95. The Morgan fingerprint density at radius 1 is 1.06 bits per heavy atom. The summed E-state index contributed by atoms with van der Waals surface area (Å²) in [6.07, 6.45) is 3.28. The molecule has 0 N–H and O–H groups in total. The number of quaternary nitrogens is 1. The van der Waals surface area contributed by atoms with Gasteiger partial charge in [0.1, 0.15) is 0 Å². The largest absolute Gasteiger partial charge is 0.528 e. The molecule has 0 rings (SSSR count). The third-order valence-electron chi connectivity index (χ3n) is 2.60. The Hall–Kier alpha value is -0.203. The van der Waals surface area contributed by atoms with E-state index in [1.54, 1.807) is 21.3 Å². The van der Waals surface area contributed by atoms with Gasteiger partial charge in [0.2, 0.25) is 0 Å². The van der Waals surface area contributed by atoms with Crippen molar-refractivity contribution in [1.29, 1.82) is 0 Å². The van der Waals surface area contributed by atoms with Gasteiger partial charge in [0, 0.05) is 21.3 Å². The predicted molar refractivity (Wildman–Crippen MR) is 68.1 cm³/mol. The molecule has 0 aromatic rings. The molecular weight excluding hydrogens is 222 g/mol. The first kappa shape index (κ1) is 15.8. The van der Waals surface area contributed by atoms with Crippen molar-refractivity contribution in [3.63, 3.8) is 0 Å². The Labute approximate surface area is 101 Å². The lowest BCUT2D eigenvalue weighted by Gasteiger charge is -2.28. The van der Waals surface area contributed by atoms with E-state index in [1.807, 2.05) is 5.70 Å². The molecule has 0 aliphatic carbocycles. The molecule has 0 saturated carbocycles. The highest BCUT2D eigenvalue weighted by atomic mass is 28.4. The van der Waals surface area contributed by atoms with Crippen molar-refractivity contribution < 1.29 is 17.8 Å². The van der Waals surface area contributed by atoms with Crippen LogP contribution in [0, 0.1) is 0 Å². The van der Waals surface area contributed by atoms with Gasteiger partial charge in [-0.15, -0.1) is 0 Å². The molecule has 5 heteroatoms. The lowest BCUT2D eigenvalue weighted by molar-refractivity contribution is -0.884. The molecule has 0 fully saturated rings. The molecule has 0 heterocycles. The van der Waals surface area contributed by atoms with Gasteiger partial charge in [0.15, 0.2) is 0 Å². The minimum atomic E-state index is -2.53. The fourth-order valence-electron chi connectivity index (χ4n) is 1.63. The second kappa shape index (κ2) is 7.19. The van der Waals surface area contributed by atoms with Gasteiger partial charge in [-0.2, -0.15) is 0 Å². The average Bonchev–Trinajstić information content (AvgIpc) is 2.25. The van der Waals surface area contributed by atoms with Gasteiger partial charge >= 0.3 is 8.80 Å². The van der Waals surface area contributed by atoms with Crippen LogP contribution in [0.2, 0.25) is 0 Å². The summed E-state index contributed by atoms with van der Waals surface area (Å²) < 4.78 is 16.9. The zero-order valence-corrected chi connectivity index (χ0v) is 12.4. The maximum Gasteiger partial charge on any atom is 0.528 e. The molecule has 0 aromatic carbocycles. The van der Waals surface area contributed by atoms with E-state index in [0.717, 1.165) is 17.6 Å². The van der Waals surface area contributed by atoms with E-state index in [-0.39, 0.29) is 0 Å². The number of hydrogen-bond acceptors (Lipinski definition) is 3. The molecule has 0 atom stereocenters. The van der Waals surface area contributed by atoms with Crippen LogP contribution in [0.15, 0.2) is 11.8 Å². The summed E-state index contributed by atoms with van der Waals surface area (Å²) in [6, 6.07) is 0. The lowest BCUT2D eigenvalue weighted by atomic mass is 10.3. The first-order valence-corrected chi connectivity index (χ1v) is 7.40. The summed E-state index contributed by atoms with van der Waals surface area (Å²) in [7, 11) is 6.75. The van der Waals surface area contributed by atoms with Gasteiger partial charge in [0.05, 0.1) is 27.2 Å². The zero-order chi connectivity index (χ0) is 12.7. The SMILES string of the molecule is CCC[N+](C)(C)CC=C[Si](OC)(OC)OC. The molecule has 0 aromatic heterocycles. The summed E-state index contributed by atoms with van der Waals surface area (Å²) in [4.78, 5) is 0. The standard InChI is InChI=1S/C11H26NO3Si/c1-7-9-12(2,3)10-8-11-16(13-4,14-5)15-6/h8,11H,7,9-10H2,1-6H3/q+1. The Kier molecular flexibility index (Phi) is 7.10. The zero-order valence-electron chi connectivity index (χ0n) is 11.4. The van der Waals surface area contributed by atoms with Crippen LogP contribution in [0.3, 0.4) is 0 Å². The smallest absolute Gasteiger partial charge is 0.374 e. The van der Waals surface area contributed by atoms with Crippen LogP contribution in [0.25, 0.3) is 0 Å². The van der Waals surface area contributed by atoms with Crippen molar-refractivity contribution in [3.8, 4) is 0 Å². The minimum absolute atomic E-state index is 0.957. The first-order chi connectivity index (χ1) is 7.45. The summed E-state index contributed by atoms with van der Waals surface area (Å²) in [6.45, 7) is 4.31. The van der Waals surface area contributed by atoms with Gasteiger partial charge < -0.3 is 17.8 Å². The average molecular weight is 248 g/mol. The second-order valence-electron chi connectivity index (χ2n) is 4.46. The van der Waals surface area contributed by atoms with Crippen molar-refractivity contribution in [1.82, 2.24) is 0 Å². The van der Waals surface area contributed by atoms with Crippen LogP contribution in [0.4, 0.5) is 0 Å². The quantitative estimate of drug-likeness (QED) is 0.481. The van der Waals surface area contributed by atoms with Gasteiger partial charge in [-0.25, -0.2) is 0 Å². The van der Waals surface area contributed by atoms with Gasteiger partial charge in [0.25, 0.3) is 0 Å². The van der Waals surface area contributed by atoms with E-state index in [0.29, 0.717) is 0 Å². The van der Waals surface area contributed by atoms with Gasteiger partial charge in [-0.05, 0) is 18.2 Å². The molecule has 0 aliphatic rings. The fraction of sp³-hybridized carbons (Fsp3) is 0.818. The van der Waals surface area contributed by atoms with E-state index in [4.69, 9.17) is 13.3 Å².